The number of hydrogen-bond donors (Lipinski definition) is 0. The minimum atomic E-state index is 0.459. The van der Waals surface area contributed by atoms with E-state index < -0.39 is 0 Å². The predicted octanol–water partition coefficient (Wildman–Crippen LogP) is 5.92. The van der Waals surface area contributed by atoms with Gasteiger partial charge >= 0.3 is 0 Å². The quantitative estimate of drug-likeness (QED) is 0.426. The molecular formula is C19H14FNO. The Morgan fingerprint density at radius 3 is 2.41 bits per heavy atom. The summed E-state index contributed by atoms with van der Waals surface area (Å²) in [5, 5.41) is 2.74. The SMILES string of the molecule is Cc1ccccc1N(F)c1ccc2c(c1)oc1ccccc12. The maximum absolute atomic E-state index is 14.7. The van der Waals surface area contributed by atoms with Gasteiger partial charge < -0.3 is 4.42 Å². The fourth-order valence-corrected chi connectivity index (χ4v) is 2.76. The Bertz CT molecular complexity index is 973. The second kappa shape index (κ2) is 4.88. The third-order valence-corrected chi connectivity index (χ3v) is 3.92. The molecule has 1 aromatic heterocycles. The van der Waals surface area contributed by atoms with Crippen molar-refractivity contribution in [2.45, 2.75) is 6.92 Å². The molecule has 1 heterocycles. The molecule has 4 aromatic rings. The Labute approximate surface area is 127 Å². The number of halogens is 1. The lowest BCUT2D eigenvalue weighted by atomic mass is 10.1. The number of anilines is 2. The summed E-state index contributed by atoms with van der Waals surface area (Å²) in [7, 11) is 0. The van der Waals surface area contributed by atoms with Crippen molar-refractivity contribution < 1.29 is 8.90 Å². The lowest BCUT2D eigenvalue weighted by Crippen LogP contribution is -2.04. The Balaban J connectivity index is 1.86. The predicted molar refractivity (Wildman–Crippen MR) is 88.1 cm³/mol. The fourth-order valence-electron chi connectivity index (χ4n) is 2.76. The summed E-state index contributed by atoms with van der Waals surface area (Å²) in [6, 6.07) is 20.6. The number of hydrogen-bond acceptors (Lipinski definition) is 2. The average molecular weight is 291 g/mol. The van der Waals surface area contributed by atoms with E-state index in [0.29, 0.717) is 22.1 Å². The third kappa shape index (κ3) is 1.94. The van der Waals surface area contributed by atoms with Crippen LogP contribution >= 0.6 is 0 Å². The van der Waals surface area contributed by atoms with Gasteiger partial charge in [-0.05, 0) is 36.8 Å². The first-order valence-electron chi connectivity index (χ1n) is 7.17. The Morgan fingerprint density at radius 2 is 1.55 bits per heavy atom. The summed E-state index contributed by atoms with van der Waals surface area (Å²) in [6.07, 6.45) is 0. The Kier molecular flexibility index (Phi) is 2.86. The second-order valence-corrected chi connectivity index (χ2v) is 5.35. The fraction of sp³-hybridized carbons (Fsp3) is 0.0526. The largest absolute Gasteiger partial charge is 0.456 e. The van der Waals surface area contributed by atoms with E-state index in [1.165, 1.54) is 0 Å². The molecular weight excluding hydrogens is 277 g/mol. The van der Waals surface area contributed by atoms with Gasteiger partial charge in [-0.15, -0.1) is 0 Å². The Hall–Kier alpha value is -2.81. The normalized spacial score (nSPS) is 11.2. The molecule has 0 unspecified atom stereocenters. The van der Waals surface area contributed by atoms with Crippen molar-refractivity contribution in [3.8, 4) is 0 Å². The maximum atomic E-state index is 14.7. The van der Waals surface area contributed by atoms with Crippen molar-refractivity contribution in [1.29, 1.82) is 0 Å². The van der Waals surface area contributed by atoms with Crippen LogP contribution in [-0.2, 0) is 0 Å². The Morgan fingerprint density at radius 1 is 0.818 bits per heavy atom. The molecule has 4 rings (SSSR count). The molecule has 0 aliphatic rings. The maximum Gasteiger partial charge on any atom is 0.137 e. The van der Waals surface area contributed by atoms with Crippen molar-refractivity contribution in [2.75, 3.05) is 5.12 Å². The highest BCUT2D eigenvalue weighted by molar-refractivity contribution is 6.05. The highest BCUT2D eigenvalue weighted by atomic mass is 19.2. The minimum Gasteiger partial charge on any atom is -0.456 e. The number of benzene rings is 3. The van der Waals surface area contributed by atoms with Crippen LogP contribution in [0, 0.1) is 6.92 Å². The molecule has 0 radical (unpaired) electrons. The molecule has 0 aliphatic heterocycles. The van der Waals surface area contributed by atoms with Crippen LogP contribution in [0.15, 0.2) is 71.1 Å². The van der Waals surface area contributed by atoms with E-state index in [9.17, 15) is 4.48 Å². The summed E-state index contributed by atoms with van der Waals surface area (Å²) < 4.78 is 20.5. The van der Waals surface area contributed by atoms with Gasteiger partial charge in [0.05, 0.1) is 11.4 Å². The van der Waals surface area contributed by atoms with Crippen molar-refractivity contribution in [2.24, 2.45) is 0 Å². The molecule has 0 saturated carbocycles. The van der Waals surface area contributed by atoms with Crippen LogP contribution in [0.5, 0.6) is 0 Å². The van der Waals surface area contributed by atoms with Gasteiger partial charge in [0.2, 0.25) is 0 Å². The van der Waals surface area contributed by atoms with Crippen LogP contribution < -0.4 is 5.12 Å². The zero-order chi connectivity index (χ0) is 15.1. The summed E-state index contributed by atoms with van der Waals surface area (Å²) in [4.78, 5) is 0. The van der Waals surface area contributed by atoms with Gasteiger partial charge in [-0.25, -0.2) is 0 Å². The van der Waals surface area contributed by atoms with Gasteiger partial charge in [-0.1, -0.05) is 40.9 Å². The van der Waals surface area contributed by atoms with E-state index in [4.69, 9.17) is 4.42 Å². The van der Waals surface area contributed by atoms with Gasteiger partial charge in [0, 0.05) is 16.8 Å². The second-order valence-electron chi connectivity index (χ2n) is 5.35. The van der Waals surface area contributed by atoms with Crippen LogP contribution in [-0.4, -0.2) is 0 Å². The van der Waals surface area contributed by atoms with Crippen molar-refractivity contribution in [3.05, 3.63) is 72.3 Å². The van der Waals surface area contributed by atoms with E-state index >= 15 is 0 Å². The van der Waals surface area contributed by atoms with Crippen LogP contribution in [0.3, 0.4) is 0 Å². The summed E-state index contributed by atoms with van der Waals surface area (Å²) in [5.74, 6) is 0. The number of fused-ring (bicyclic) bond motifs is 3. The first-order chi connectivity index (χ1) is 10.7. The molecule has 0 atom stereocenters. The molecule has 0 bridgehead atoms. The van der Waals surface area contributed by atoms with Gasteiger partial charge in [-0.2, -0.15) is 5.12 Å². The highest BCUT2D eigenvalue weighted by Crippen LogP contribution is 2.34. The van der Waals surface area contributed by atoms with Crippen LogP contribution in [0.25, 0.3) is 21.9 Å². The van der Waals surface area contributed by atoms with Crippen molar-refractivity contribution >= 4 is 33.3 Å². The summed E-state index contributed by atoms with van der Waals surface area (Å²) in [5.41, 5.74) is 3.39. The molecule has 2 nitrogen and oxygen atoms in total. The molecule has 0 amide bonds. The first-order valence-corrected chi connectivity index (χ1v) is 7.17. The highest BCUT2D eigenvalue weighted by Gasteiger charge is 2.13. The summed E-state index contributed by atoms with van der Waals surface area (Å²) >= 11 is 0. The number of rotatable bonds is 2. The molecule has 3 aromatic carbocycles. The summed E-state index contributed by atoms with van der Waals surface area (Å²) in [6.45, 7) is 1.89. The van der Waals surface area contributed by atoms with E-state index in [0.717, 1.165) is 21.9 Å². The number of furan rings is 1. The molecule has 0 spiro atoms. The molecule has 108 valence electrons. The van der Waals surface area contributed by atoms with E-state index in [-0.39, 0.29) is 0 Å². The first kappa shape index (κ1) is 12.9. The van der Waals surface area contributed by atoms with E-state index in [2.05, 4.69) is 0 Å². The van der Waals surface area contributed by atoms with Crippen LogP contribution in [0.4, 0.5) is 15.9 Å². The monoisotopic (exact) mass is 291 g/mol. The number of aryl methyl sites for hydroxylation is 1. The van der Waals surface area contributed by atoms with Gasteiger partial charge in [-0.3, -0.25) is 0 Å². The standard InChI is InChI=1S/C19H14FNO/c1-13-6-2-4-8-17(13)21(20)14-10-11-16-15-7-3-5-9-18(15)22-19(16)12-14/h2-12H,1H3. The van der Waals surface area contributed by atoms with E-state index in [1.54, 1.807) is 18.2 Å². The average Bonchev–Trinajstić information content (AvgIpc) is 2.92. The van der Waals surface area contributed by atoms with Gasteiger partial charge in [0.15, 0.2) is 0 Å². The molecule has 0 fully saturated rings. The number of para-hydroxylation sites is 2. The molecule has 0 N–H and O–H groups in total. The molecule has 0 saturated heterocycles. The van der Waals surface area contributed by atoms with Crippen molar-refractivity contribution in [1.82, 2.24) is 0 Å². The third-order valence-electron chi connectivity index (χ3n) is 3.92. The topological polar surface area (TPSA) is 16.4 Å². The number of nitrogens with zero attached hydrogens (tertiary/aromatic N) is 1. The van der Waals surface area contributed by atoms with Crippen LogP contribution in [0.2, 0.25) is 0 Å². The molecule has 3 heteroatoms. The van der Waals surface area contributed by atoms with Gasteiger partial charge in [0.1, 0.15) is 11.2 Å². The minimum absolute atomic E-state index is 0.459. The zero-order valence-corrected chi connectivity index (χ0v) is 12.1. The smallest absolute Gasteiger partial charge is 0.137 e. The lowest BCUT2D eigenvalue weighted by Gasteiger charge is -2.15. The zero-order valence-electron chi connectivity index (χ0n) is 12.1. The van der Waals surface area contributed by atoms with Crippen LogP contribution in [0.1, 0.15) is 5.56 Å². The molecule has 22 heavy (non-hydrogen) atoms. The lowest BCUT2D eigenvalue weighted by molar-refractivity contribution is 0.504. The van der Waals surface area contributed by atoms with Crippen molar-refractivity contribution in [3.63, 3.8) is 0 Å². The van der Waals surface area contributed by atoms with Gasteiger partial charge in [0.25, 0.3) is 0 Å². The molecule has 0 aliphatic carbocycles. The van der Waals surface area contributed by atoms with E-state index in [1.807, 2.05) is 55.5 Å².